The maximum absolute atomic E-state index is 12.3. The van der Waals surface area contributed by atoms with Crippen molar-refractivity contribution in [2.45, 2.75) is 62.5 Å². The molecular weight excluding hydrogens is 324 g/mol. The van der Waals surface area contributed by atoms with E-state index in [2.05, 4.69) is 4.72 Å². The number of nitrogens with zero attached hydrogens (tertiary/aromatic N) is 1. The van der Waals surface area contributed by atoms with E-state index >= 15 is 0 Å². The van der Waals surface area contributed by atoms with Gasteiger partial charge in [-0.3, -0.25) is 9.71 Å². The van der Waals surface area contributed by atoms with Gasteiger partial charge < -0.3 is 4.74 Å². The smallest absolute Gasteiger partial charge is 0.263 e. The fourth-order valence-corrected chi connectivity index (χ4v) is 5.83. The molecule has 3 aliphatic rings. The van der Waals surface area contributed by atoms with Gasteiger partial charge in [0, 0.05) is 17.6 Å². The highest BCUT2D eigenvalue weighted by Gasteiger charge is 2.56. The van der Waals surface area contributed by atoms with Gasteiger partial charge in [0.25, 0.3) is 10.0 Å². The third-order valence-electron chi connectivity index (χ3n) is 5.84. The first kappa shape index (κ1) is 16.1. The van der Waals surface area contributed by atoms with Gasteiger partial charge in [-0.05, 0) is 38.3 Å². The van der Waals surface area contributed by atoms with E-state index in [9.17, 15) is 8.42 Å². The predicted molar refractivity (Wildman–Crippen MR) is 92.6 cm³/mol. The molecule has 24 heavy (non-hydrogen) atoms. The van der Waals surface area contributed by atoms with E-state index in [4.69, 9.17) is 9.73 Å². The molecule has 1 N–H and O–H groups in total. The molecule has 1 aromatic rings. The Hall–Kier alpha value is -1.40. The number of nitrogens with one attached hydrogen (secondary N) is 1. The number of hydrogen-bond donors (Lipinski definition) is 1. The molecule has 2 fully saturated rings. The van der Waals surface area contributed by atoms with Gasteiger partial charge in [0.2, 0.25) is 0 Å². The van der Waals surface area contributed by atoms with Crippen LogP contribution >= 0.6 is 0 Å². The zero-order valence-electron chi connectivity index (χ0n) is 14.0. The second-order valence-corrected chi connectivity index (χ2v) is 8.72. The minimum absolute atomic E-state index is 0.101. The summed E-state index contributed by atoms with van der Waals surface area (Å²) >= 11 is 0. The average molecular weight is 348 g/mol. The van der Waals surface area contributed by atoms with Crippen LogP contribution in [0.15, 0.2) is 34.2 Å². The van der Waals surface area contributed by atoms with Crippen LogP contribution in [0.3, 0.4) is 0 Å². The van der Waals surface area contributed by atoms with Crippen LogP contribution in [0.4, 0.5) is 0 Å². The van der Waals surface area contributed by atoms with E-state index in [-0.39, 0.29) is 17.6 Å². The number of aliphatic imine (C=N–C) groups is 1. The third-order valence-corrected chi connectivity index (χ3v) is 7.24. The van der Waals surface area contributed by atoms with Crippen LogP contribution in [0.1, 0.15) is 51.0 Å². The lowest BCUT2D eigenvalue weighted by atomic mass is 9.55. The van der Waals surface area contributed by atoms with E-state index in [1.54, 1.807) is 12.1 Å². The van der Waals surface area contributed by atoms with Crippen molar-refractivity contribution in [1.29, 1.82) is 0 Å². The van der Waals surface area contributed by atoms with Crippen LogP contribution in [0.25, 0.3) is 0 Å². The highest BCUT2D eigenvalue weighted by atomic mass is 32.2. The summed E-state index contributed by atoms with van der Waals surface area (Å²) in [5.41, 5.74) is 0.799. The summed E-state index contributed by atoms with van der Waals surface area (Å²) in [6, 6.07) is 7.23. The van der Waals surface area contributed by atoms with Gasteiger partial charge in [0.1, 0.15) is 5.84 Å². The van der Waals surface area contributed by atoms with E-state index in [0.29, 0.717) is 16.3 Å². The SMILES string of the molecule is CCOC1CC(N=C2NS(=O)(=O)c3ccccc32)C12CCCCC2. The molecule has 4 rings (SSSR count). The Bertz CT molecular complexity index is 766. The largest absolute Gasteiger partial charge is 0.378 e. The molecule has 2 aliphatic carbocycles. The normalized spacial score (nSPS) is 31.5. The first-order valence-corrected chi connectivity index (χ1v) is 10.4. The molecule has 0 saturated heterocycles. The number of benzene rings is 1. The molecule has 0 amide bonds. The first-order chi connectivity index (χ1) is 11.6. The quantitative estimate of drug-likeness (QED) is 0.913. The second-order valence-electron chi connectivity index (χ2n) is 7.07. The lowest BCUT2D eigenvalue weighted by molar-refractivity contribution is -0.139. The second kappa shape index (κ2) is 5.85. The fraction of sp³-hybridized carbons (Fsp3) is 0.611. The Kier molecular flexibility index (Phi) is 3.92. The molecule has 0 radical (unpaired) electrons. The van der Waals surface area contributed by atoms with Gasteiger partial charge in [-0.15, -0.1) is 0 Å². The van der Waals surface area contributed by atoms with Crippen molar-refractivity contribution in [2.75, 3.05) is 6.61 Å². The van der Waals surface area contributed by atoms with Crippen LogP contribution in [0.5, 0.6) is 0 Å². The number of fused-ring (bicyclic) bond motifs is 1. The summed E-state index contributed by atoms with van der Waals surface area (Å²) in [6.45, 7) is 2.77. The standard InChI is InChI=1S/C18H24N2O3S/c1-2-23-16-12-15(18(16)10-6-3-7-11-18)19-17-13-8-4-5-9-14(13)24(21,22)20-17/h4-5,8-9,15-16H,2-3,6-7,10-12H2,1H3,(H,19,20). The molecule has 0 aromatic heterocycles. The zero-order chi connectivity index (χ0) is 16.8. The molecule has 1 aliphatic heterocycles. The minimum atomic E-state index is -3.46. The molecule has 0 bridgehead atoms. The summed E-state index contributed by atoms with van der Waals surface area (Å²) in [5.74, 6) is 0.510. The van der Waals surface area contributed by atoms with E-state index in [1.165, 1.54) is 19.3 Å². The van der Waals surface area contributed by atoms with Crippen LogP contribution in [0, 0.1) is 5.41 Å². The molecule has 1 spiro atoms. The maximum atomic E-state index is 12.3. The number of ether oxygens (including phenoxy) is 1. The molecular formula is C18H24N2O3S. The number of sulfonamides is 1. The zero-order valence-corrected chi connectivity index (χ0v) is 14.8. The van der Waals surface area contributed by atoms with Crippen LogP contribution in [-0.2, 0) is 14.8 Å². The van der Waals surface area contributed by atoms with E-state index in [0.717, 1.165) is 25.9 Å². The first-order valence-electron chi connectivity index (χ1n) is 8.88. The molecule has 1 heterocycles. The Morgan fingerprint density at radius 3 is 2.75 bits per heavy atom. The summed E-state index contributed by atoms with van der Waals surface area (Å²) in [6.07, 6.45) is 7.13. The van der Waals surface area contributed by atoms with Gasteiger partial charge in [-0.25, -0.2) is 8.42 Å². The Labute approximate surface area is 143 Å². The Balaban J connectivity index is 1.67. The molecule has 5 nitrogen and oxygen atoms in total. The number of hydrogen-bond acceptors (Lipinski definition) is 4. The molecule has 130 valence electrons. The van der Waals surface area contributed by atoms with Crippen molar-refractivity contribution in [3.8, 4) is 0 Å². The van der Waals surface area contributed by atoms with Gasteiger partial charge in [0.05, 0.1) is 17.0 Å². The van der Waals surface area contributed by atoms with Crippen molar-refractivity contribution >= 4 is 15.9 Å². The topological polar surface area (TPSA) is 67.8 Å². The summed E-state index contributed by atoms with van der Waals surface area (Å²) < 4.78 is 33.2. The number of amidine groups is 1. The van der Waals surface area contributed by atoms with Crippen LogP contribution < -0.4 is 4.72 Å². The minimum Gasteiger partial charge on any atom is -0.378 e. The maximum Gasteiger partial charge on any atom is 0.263 e. The molecule has 2 unspecified atom stereocenters. The molecule has 1 aromatic carbocycles. The van der Waals surface area contributed by atoms with Crippen LogP contribution in [-0.4, -0.2) is 33.0 Å². The molecule has 2 atom stereocenters. The summed E-state index contributed by atoms with van der Waals surface area (Å²) in [5, 5.41) is 0. The van der Waals surface area contributed by atoms with Crippen LogP contribution in [0.2, 0.25) is 0 Å². The Morgan fingerprint density at radius 2 is 2.00 bits per heavy atom. The highest BCUT2D eigenvalue weighted by Crippen LogP contribution is 2.55. The predicted octanol–water partition coefficient (Wildman–Crippen LogP) is 2.85. The fourth-order valence-electron chi connectivity index (χ4n) is 4.59. The average Bonchev–Trinajstić information content (AvgIpc) is 2.86. The lowest BCUT2D eigenvalue weighted by Crippen LogP contribution is -2.58. The summed E-state index contributed by atoms with van der Waals surface area (Å²) in [7, 11) is -3.46. The van der Waals surface area contributed by atoms with Crippen molar-refractivity contribution in [2.24, 2.45) is 10.4 Å². The monoisotopic (exact) mass is 348 g/mol. The lowest BCUT2D eigenvalue weighted by Gasteiger charge is -2.56. The molecule has 2 saturated carbocycles. The van der Waals surface area contributed by atoms with Crippen molar-refractivity contribution in [3.05, 3.63) is 29.8 Å². The Morgan fingerprint density at radius 1 is 1.25 bits per heavy atom. The summed E-state index contributed by atoms with van der Waals surface area (Å²) in [4.78, 5) is 5.21. The van der Waals surface area contributed by atoms with E-state index < -0.39 is 10.0 Å². The van der Waals surface area contributed by atoms with E-state index in [1.807, 2.05) is 19.1 Å². The number of rotatable bonds is 3. The molecule has 6 heteroatoms. The van der Waals surface area contributed by atoms with Gasteiger partial charge in [-0.2, -0.15) is 0 Å². The van der Waals surface area contributed by atoms with Gasteiger partial charge >= 0.3 is 0 Å². The third kappa shape index (κ3) is 2.39. The van der Waals surface area contributed by atoms with Gasteiger partial charge in [0.15, 0.2) is 0 Å². The van der Waals surface area contributed by atoms with Crippen molar-refractivity contribution in [3.63, 3.8) is 0 Å². The van der Waals surface area contributed by atoms with Crippen molar-refractivity contribution < 1.29 is 13.2 Å². The van der Waals surface area contributed by atoms with Crippen molar-refractivity contribution in [1.82, 2.24) is 4.72 Å². The highest BCUT2D eigenvalue weighted by molar-refractivity contribution is 7.90. The van der Waals surface area contributed by atoms with Gasteiger partial charge in [-0.1, -0.05) is 31.4 Å².